The van der Waals surface area contributed by atoms with Crippen molar-refractivity contribution in [2.24, 2.45) is 5.10 Å². The van der Waals surface area contributed by atoms with E-state index >= 15 is 0 Å². The van der Waals surface area contributed by atoms with Crippen LogP contribution in [0.1, 0.15) is 16.7 Å². The monoisotopic (exact) mass is 339 g/mol. The van der Waals surface area contributed by atoms with E-state index in [9.17, 15) is 0 Å². The second-order valence-corrected chi connectivity index (χ2v) is 5.53. The van der Waals surface area contributed by atoms with Crippen molar-refractivity contribution in [1.29, 1.82) is 0 Å². The minimum absolute atomic E-state index is 0.449. The molecule has 5 heteroatoms. The van der Waals surface area contributed by atoms with Crippen LogP contribution in [-0.4, -0.2) is 17.9 Å². The van der Waals surface area contributed by atoms with Crippen molar-refractivity contribution < 1.29 is 4.74 Å². The summed E-state index contributed by atoms with van der Waals surface area (Å²) in [6.45, 7) is 6.81. The van der Waals surface area contributed by atoms with E-state index in [0.717, 1.165) is 16.9 Å². The summed E-state index contributed by atoms with van der Waals surface area (Å²) in [5.74, 6) is 0.774. The number of para-hydroxylation sites is 1. The number of rotatable bonds is 7. The van der Waals surface area contributed by atoms with E-state index in [4.69, 9.17) is 17.0 Å². The molecule has 2 aromatic rings. The first kappa shape index (κ1) is 17.7. The molecular weight excluding hydrogens is 318 g/mol. The van der Waals surface area contributed by atoms with Crippen molar-refractivity contribution in [3.63, 3.8) is 0 Å². The molecule has 0 aliphatic carbocycles. The standard InChI is InChI=1S/C19H21N3OS/c1-3-12-20-19(24)22-21-13-16-9-6-7-11-18(16)23-14-17-10-5-4-8-15(17)2/h3-11,13H,1,12,14H2,2H3,(H2,20,22,24)/b21-13+. The fourth-order valence-electron chi connectivity index (χ4n) is 2.01. The lowest BCUT2D eigenvalue weighted by Crippen LogP contribution is -2.31. The van der Waals surface area contributed by atoms with Crippen LogP contribution in [-0.2, 0) is 6.61 Å². The van der Waals surface area contributed by atoms with E-state index in [1.54, 1.807) is 12.3 Å². The summed E-state index contributed by atoms with van der Waals surface area (Å²) < 4.78 is 5.95. The average molecular weight is 339 g/mol. The molecule has 2 rings (SSSR count). The van der Waals surface area contributed by atoms with E-state index in [1.807, 2.05) is 36.4 Å². The maximum absolute atomic E-state index is 5.95. The molecule has 0 bridgehead atoms. The van der Waals surface area contributed by atoms with Gasteiger partial charge in [0.25, 0.3) is 0 Å². The lowest BCUT2D eigenvalue weighted by atomic mass is 10.1. The van der Waals surface area contributed by atoms with Crippen molar-refractivity contribution in [1.82, 2.24) is 10.7 Å². The normalized spacial score (nSPS) is 10.4. The van der Waals surface area contributed by atoms with Crippen LogP contribution in [0, 0.1) is 6.92 Å². The second-order valence-electron chi connectivity index (χ2n) is 5.12. The lowest BCUT2D eigenvalue weighted by molar-refractivity contribution is 0.305. The predicted molar refractivity (Wildman–Crippen MR) is 103 cm³/mol. The van der Waals surface area contributed by atoms with Crippen molar-refractivity contribution in [2.75, 3.05) is 6.54 Å². The molecule has 0 heterocycles. The number of hydrogen-bond acceptors (Lipinski definition) is 3. The molecule has 0 amide bonds. The summed E-state index contributed by atoms with van der Waals surface area (Å²) in [7, 11) is 0. The number of nitrogens with zero attached hydrogens (tertiary/aromatic N) is 1. The first-order chi connectivity index (χ1) is 11.7. The molecule has 0 aromatic heterocycles. The Labute approximate surface area is 148 Å². The van der Waals surface area contributed by atoms with Gasteiger partial charge in [-0.2, -0.15) is 5.10 Å². The quantitative estimate of drug-likeness (QED) is 0.350. The number of nitrogens with one attached hydrogen (secondary N) is 2. The zero-order chi connectivity index (χ0) is 17.2. The summed E-state index contributed by atoms with van der Waals surface area (Å²) in [5.41, 5.74) is 6.02. The van der Waals surface area contributed by atoms with Gasteiger partial charge < -0.3 is 10.1 Å². The minimum Gasteiger partial charge on any atom is -0.488 e. The van der Waals surface area contributed by atoms with Gasteiger partial charge in [-0.05, 0) is 42.4 Å². The van der Waals surface area contributed by atoms with Gasteiger partial charge in [-0.25, -0.2) is 0 Å². The Morgan fingerprint density at radius 2 is 1.96 bits per heavy atom. The average Bonchev–Trinajstić information content (AvgIpc) is 2.60. The topological polar surface area (TPSA) is 45.7 Å². The number of ether oxygens (including phenoxy) is 1. The number of hydrogen-bond donors (Lipinski definition) is 2. The van der Waals surface area contributed by atoms with E-state index < -0.39 is 0 Å². The minimum atomic E-state index is 0.449. The van der Waals surface area contributed by atoms with Gasteiger partial charge in [-0.1, -0.05) is 42.5 Å². The molecule has 0 spiro atoms. The highest BCUT2D eigenvalue weighted by Crippen LogP contribution is 2.18. The Bertz CT molecular complexity index is 728. The van der Waals surface area contributed by atoms with E-state index in [1.165, 1.54) is 5.56 Å². The van der Waals surface area contributed by atoms with Gasteiger partial charge in [-0.15, -0.1) is 6.58 Å². The van der Waals surface area contributed by atoms with Crippen molar-refractivity contribution in [3.8, 4) is 5.75 Å². The fraction of sp³-hybridized carbons (Fsp3) is 0.158. The number of thiocarbonyl (C=S) groups is 1. The molecule has 0 saturated heterocycles. The summed E-state index contributed by atoms with van der Waals surface area (Å²) in [6, 6.07) is 15.9. The van der Waals surface area contributed by atoms with Crippen LogP contribution in [0.15, 0.2) is 66.3 Å². The van der Waals surface area contributed by atoms with Crippen LogP contribution >= 0.6 is 12.2 Å². The van der Waals surface area contributed by atoms with Gasteiger partial charge in [-0.3, -0.25) is 5.43 Å². The molecule has 0 unspecified atom stereocenters. The van der Waals surface area contributed by atoms with Crippen molar-refractivity contribution >= 4 is 23.5 Å². The van der Waals surface area contributed by atoms with Gasteiger partial charge in [0.2, 0.25) is 0 Å². The third kappa shape index (κ3) is 5.52. The molecular formula is C19H21N3OS. The first-order valence-electron chi connectivity index (χ1n) is 7.65. The highest BCUT2D eigenvalue weighted by Gasteiger charge is 2.03. The first-order valence-corrected chi connectivity index (χ1v) is 8.05. The lowest BCUT2D eigenvalue weighted by Gasteiger charge is -2.10. The zero-order valence-corrected chi connectivity index (χ0v) is 14.5. The number of hydrazone groups is 1. The third-order valence-corrected chi connectivity index (χ3v) is 3.58. The van der Waals surface area contributed by atoms with Crippen LogP contribution < -0.4 is 15.5 Å². The third-order valence-electron chi connectivity index (χ3n) is 3.34. The molecule has 4 nitrogen and oxygen atoms in total. The molecule has 0 saturated carbocycles. The van der Waals surface area contributed by atoms with Crippen LogP contribution in [0.3, 0.4) is 0 Å². The number of aryl methyl sites for hydroxylation is 1. The van der Waals surface area contributed by atoms with Crippen molar-refractivity contribution in [3.05, 3.63) is 77.9 Å². The molecule has 24 heavy (non-hydrogen) atoms. The molecule has 2 aromatic carbocycles. The maximum atomic E-state index is 5.95. The molecule has 0 aliphatic rings. The summed E-state index contributed by atoms with van der Waals surface area (Å²) in [5, 5.41) is 7.53. The Kier molecular flexibility index (Phi) is 6.98. The van der Waals surface area contributed by atoms with Gasteiger partial charge in [0.15, 0.2) is 5.11 Å². The summed E-state index contributed by atoms with van der Waals surface area (Å²) in [4.78, 5) is 0. The smallest absolute Gasteiger partial charge is 0.187 e. The molecule has 0 radical (unpaired) electrons. The van der Waals surface area contributed by atoms with E-state index in [2.05, 4.69) is 41.5 Å². The Hall–Kier alpha value is -2.66. The molecule has 124 valence electrons. The van der Waals surface area contributed by atoms with Crippen LogP contribution in [0.25, 0.3) is 0 Å². The van der Waals surface area contributed by atoms with Gasteiger partial charge in [0, 0.05) is 12.1 Å². The highest BCUT2D eigenvalue weighted by atomic mass is 32.1. The van der Waals surface area contributed by atoms with Gasteiger partial charge >= 0.3 is 0 Å². The SMILES string of the molecule is C=CCNC(=S)N/N=C/c1ccccc1OCc1ccccc1C. The van der Waals surface area contributed by atoms with E-state index in [-0.39, 0.29) is 0 Å². The Balaban J connectivity index is 1.98. The zero-order valence-electron chi connectivity index (χ0n) is 13.7. The van der Waals surface area contributed by atoms with Gasteiger partial charge in [0.1, 0.15) is 12.4 Å². The molecule has 2 N–H and O–H groups in total. The predicted octanol–water partition coefficient (Wildman–Crippen LogP) is 3.56. The summed E-state index contributed by atoms with van der Waals surface area (Å²) >= 11 is 5.08. The fourth-order valence-corrected chi connectivity index (χ4v) is 2.15. The van der Waals surface area contributed by atoms with Crippen molar-refractivity contribution in [2.45, 2.75) is 13.5 Å². The number of benzene rings is 2. The molecule has 0 fully saturated rings. The van der Waals surface area contributed by atoms with Crippen LogP contribution in [0.2, 0.25) is 0 Å². The summed E-state index contributed by atoms with van der Waals surface area (Å²) in [6.07, 6.45) is 3.42. The Morgan fingerprint density at radius 3 is 2.75 bits per heavy atom. The van der Waals surface area contributed by atoms with E-state index in [0.29, 0.717) is 18.3 Å². The Morgan fingerprint density at radius 1 is 1.21 bits per heavy atom. The molecule has 0 atom stereocenters. The largest absolute Gasteiger partial charge is 0.488 e. The van der Waals surface area contributed by atoms with Crippen LogP contribution in [0.5, 0.6) is 5.75 Å². The second kappa shape index (κ2) is 9.47. The molecule has 0 aliphatic heterocycles. The van der Waals surface area contributed by atoms with Crippen LogP contribution in [0.4, 0.5) is 0 Å². The van der Waals surface area contributed by atoms with Gasteiger partial charge in [0.05, 0.1) is 6.21 Å². The highest BCUT2D eigenvalue weighted by molar-refractivity contribution is 7.80. The maximum Gasteiger partial charge on any atom is 0.187 e.